The van der Waals surface area contributed by atoms with Gasteiger partial charge < -0.3 is 14.7 Å². The fourth-order valence-electron chi connectivity index (χ4n) is 2.53. The van der Waals surface area contributed by atoms with E-state index in [9.17, 15) is 14.7 Å². The molecule has 1 unspecified atom stereocenters. The number of likely N-dealkylation sites (tertiary alicyclic amines) is 1. The van der Waals surface area contributed by atoms with Crippen molar-refractivity contribution in [2.45, 2.75) is 18.9 Å². The minimum atomic E-state index is -0.964. The van der Waals surface area contributed by atoms with Crippen LogP contribution in [-0.4, -0.2) is 46.9 Å². The first-order valence-electron chi connectivity index (χ1n) is 6.76. The topological polar surface area (TPSA) is 66.8 Å². The van der Waals surface area contributed by atoms with Gasteiger partial charge in [0, 0.05) is 24.7 Å². The standard InChI is InChI=1S/C15H18BrNO4/c1-21-12-4-2-10(3-5-12)6-13(15(19)20)17-9-11(8-16)7-14(17)18/h2-5,11,13H,6-9H2,1H3,(H,19,20)/t11?,13-/m0/s1. The summed E-state index contributed by atoms with van der Waals surface area (Å²) in [7, 11) is 1.58. The number of alkyl halides is 1. The smallest absolute Gasteiger partial charge is 0.326 e. The van der Waals surface area contributed by atoms with Gasteiger partial charge in [0.1, 0.15) is 11.8 Å². The molecule has 1 amide bonds. The molecule has 0 aliphatic carbocycles. The van der Waals surface area contributed by atoms with E-state index in [1.54, 1.807) is 19.2 Å². The Morgan fingerprint density at radius 1 is 1.48 bits per heavy atom. The first kappa shape index (κ1) is 15.8. The Labute approximate surface area is 132 Å². The average Bonchev–Trinajstić information content (AvgIpc) is 2.86. The van der Waals surface area contributed by atoms with Gasteiger partial charge in [0.2, 0.25) is 5.91 Å². The molecule has 1 fully saturated rings. The summed E-state index contributed by atoms with van der Waals surface area (Å²) in [5, 5.41) is 10.2. The van der Waals surface area contributed by atoms with Gasteiger partial charge in [0.05, 0.1) is 7.11 Å². The normalized spacial score (nSPS) is 19.6. The Bertz CT molecular complexity index is 517. The number of halogens is 1. The molecule has 1 aromatic carbocycles. The van der Waals surface area contributed by atoms with Crippen molar-refractivity contribution >= 4 is 27.8 Å². The lowest BCUT2D eigenvalue weighted by Gasteiger charge is -2.24. The number of carbonyl (C=O) groups is 2. The number of aliphatic carboxylic acids is 1. The van der Waals surface area contributed by atoms with Crippen molar-refractivity contribution in [3.63, 3.8) is 0 Å². The van der Waals surface area contributed by atoms with Crippen molar-refractivity contribution in [1.29, 1.82) is 0 Å². The minimum Gasteiger partial charge on any atom is -0.497 e. The fourth-order valence-corrected chi connectivity index (χ4v) is 2.96. The Balaban J connectivity index is 2.12. The summed E-state index contributed by atoms with van der Waals surface area (Å²) >= 11 is 3.36. The lowest BCUT2D eigenvalue weighted by atomic mass is 10.0. The van der Waals surface area contributed by atoms with Gasteiger partial charge in [-0.15, -0.1) is 0 Å². The van der Waals surface area contributed by atoms with Crippen molar-refractivity contribution in [2.24, 2.45) is 5.92 Å². The van der Waals surface area contributed by atoms with Crippen LogP contribution in [0.3, 0.4) is 0 Å². The molecule has 5 nitrogen and oxygen atoms in total. The molecule has 0 spiro atoms. The zero-order valence-electron chi connectivity index (χ0n) is 11.8. The van der Waals surface area contributed by atoms with Gasteiger partial charge in [-0.1, -0.05) is 28.1 Å². The number of carboxylic acids is 1. The predicted molar refractivity (Wildman–Crippen MR) is 81.7 cm³/mol. The molecule has 1 aliphatic heterocycles. The first-order chi connectivity index (χ1) is 10.0. The van der Waals surface area contributed by atoms with E-state index in [1.807, 2.05) is 12.1 Å². The molecular formula is C15H18BrNO4. The van der Waals surface area contributed by atoms with Crippen LogP contribution in [0.25, 0.3) is 0 Å². The Morgan fingerprint density at radius 2 is 2.14 bits per heavy atom. The number of rotatable bonds is 6. The molecule has 6 heteroatoms. The molecule has 2 atom stereocenters. The number of hydrogen-bond acceptors (Lipinski definition) is 3. The second-order valence-corrected chi connectivity index (χ2v) is 5.82. The molecule has 1 N–H and O–H groups in total. The molecule has 0 radical (unpaired) electrons. The highest BCUT2D eigenvalue weighted by Gasteiger charge is 2.37. The van der Waals surface area contributed by atoms with Crippen LogP contribution in [0.15, 0.2) is 24.3 Å². The van der Waals surface area contributed by atoms with E-state index in [4.69, 9.17) is 4.74 Å². The predicted octanol–water partition coefficient (Wildman–Crippen LogP) is 1.93. The third-order valence-electron chi connectivity index (χ3n) is 3.71. The van der Waals surface area contributed by atoms with Gasteiger partial charge in [-0.25, -0.2) is 4.79 Å². The van der Waals surface area contributed by atoms with E-state index < -0.39 is 12.0 Å². The number of carbonyl (C=O) groups excluding carboxylic acids is 1. The van der Waals surface area contributed by atoms with Crippen molar-refractivity contribution in [2.75, 3.05) is 19.0 Å². The van der Waals surface area contributed by atoms with E-state index in [0.29, 0.717) is 24.7 Å². The summed E-state index contributed by atoms with van der Waals surface area (Å²) in [6.07, 6.45) is 0.720. The van der Waals surface area contributed by atoms with Crippen LogP contribution >= 0.6 is 15.9 Å². The quantitative estimate of drug-likeness (QED) is 0.791. The molecule has 1 aliphatic rings. The van der Waals surface area contributed by atoms with E-state index in [0.717, 1.165) is 11.3 Å². The zero-order valence-corrected chi connectivity index (χ0v) is 13.4. The monoisotopic (exact) mass is 355 g/mol. The van der Waals surface area contributed by atoms with Crippen LogP contribution in [0.2, 0.25) is 0 Å². The molecule has 0 bridgehead atoms. The highest BCUT2D eigenvalue weighted by molar-refractivity contribution is 9.09. The third-order valence-corrected chi connectivity index (χ3v) is 4.62. The molecule has 0 saturated carbocycles. The molecule has 114 valence electrons. The van der Waals surface area contributed by atoms with Crippen molar-refractivity contribution in [3.05, 3.63) is 29.8 Å². The summed E-state index contributed by atoms with van der Waals surface area (Å²) in [5.41, 5.74) is 0.873. The van der Waals surface area contributed by atoms with Crippen molar-refractivity contribution in [3.8, 4) is 5.75 Å². The molecule has 1 heterocycles. The van der Waals surface area contributed by atoms with Crippen molar-refractivity contribution < 1.29 is 19.4 Å². The minimum absolute atomic E-state index is 0.0830. The second-order valence-electron chi connectivity index (χ2n) is 5.18. The number of carboxylic acid groups (broad SMARTS) is 1. The first-order valence-corrected chi connectivity index (χ1v) is 7.88. The van der Waals surface area contributed by atoms with Crippen LogP contribution in [0.4, 0.5) is 0 Å². The average molecular weight is 356 g/mol. The number of amides is 1. The van der Waals surface area contributed by atoms with E-state index >= 15 is 0 Å². The number of nitrogens with zero attached hydrogens (tertiary/aromatic N) is 1. The zero-order chi connectivity index (χ0) is 15.4. The highest BCUT2D eigenvalue weighted by atomic mass is 79.9. The molecule has 1 saturated heterocycles. The van der Waals surface area contributed by atoms with Crippen LogP contribution in [-0.2, 0) is 16.0 Å². The summed E-state index contributed by atoms with van der Waals surface area (Å²) in [6.45, 7) is 0.497. The van der Waals surface area contributed by atoms with Gasteiger partial charge in [0.25, 0.3) is 0 Å². The number of methoxy groups -OCH3 is 1. The van der Waals surface area contributed by atoms with Gasteiger partial charge >= 0.3 is 5.97 Å². The maximum absolute atomic E-state index is 12.0. The van der Waals surface area contributed by atoms with Crippen LogP contribution in [0.1, 0.15) is 12.0 Å². The lowest BCUT2D eigenvalue weighted by molar-refractivity contribution is -0.148. The largest absolute Gasteiger partial charge is 0.497 e. The molecule has 2 rings (SSSR count). The molecular weight excluding hydrogens is 338 g/mol. The van der Waals surface area contributed by atoms with Crippen LogP contribution in [0, 0.1) is 5.92 Å². The number of ether oxygens (including phenoxy) is 1. The van der Waals surface area contributed by atoms with Gasteiger partial charge in [-0.2, -0.15) is 0 Å². The number of hydrogen-bond donors (Lipinski definition) is 1. The van der Waals surface area contributed by atoms with Crippen LogP contribution < -0.4 is 4.74 Å². The Morgan fingerprint density at radius 3 is 2.62 bits per heavy atom. The summed E-state index contributed by atoms with van der Waals surface area (Å²) in [5.74, 6) is -0.132. The van der Waals surface area contributed by atoms with Gasteiger partial charge in [-0.05, 0) is 23.6 Å². The third kappa shape index (κ3) is 3.75. The lowest BCUT2D eigenvalue weighted by Crippen LogP contribution is -2.43. The fraction of sp³-hybridized carbons (Fsp3) is 0.467. The van der Waals surface area contributed by atoms with E-state index in [2.05, 4.69) is 15.9 Å². The number of benzene rings is 1. The Kier molecular flexibility index (Phi) is 5.22. The maximum Gasteiger partial charge on any atom is 0.326 e. The van der Waals surface area contributed by atoms with Crippen molar-refractivity contribution in [1.82, 2.24) is 4.90 Å². The van der Waals surface area contributed by atoms with E-state index in [-0.39, 0.29) is 11.8 Å². The van der Waals surface area contributed by atoms with E-state index in [1.165, 1.54) is 4.90 Å². The SMILES string of the molecule is COc1ccc(C[C@@H](C(=O)O)N2CC(CBr)CC2=O)cc1. The van der Waals surface area contributed by atoms with Gasteiger partial charge in [0.15, 0.2) is 0 Å². The summed E-state index contributed by atoms with van der Waals surface area (Å²) in [6, 6.07) is 6.44. The van der Waals surface area contributed by atoms with Crippen LogP contribution in [0.5, 0.6) is 5.75 Å². The summed E-state index contributed by atoms with van der Waals surface area (Å²) in [4.78, 5) is 25.0. The Hall–Kier alpha value is -1.56. The molecule has 1 aromatic rings. The molecule has 21 heavy (non-hydrogen) atoms. The summed E-state index contributed by atoms with van der Waals surface area (Å²) < 4.78 is 5.08. The maximum atomic E-state index is 12.0. The van der Waals surface area contributed by atoms with Gasteiger partial charge in [-0.3, -0.25) is 4.79 Å². The molecule has 0 aromatic heterocycles. The second kappa shape index (κ2) is 6.93. The highest BCUT2D eigenvalue weighted by Crippen LogP contribution is 2.24.